The molecule has 5 nitrogen and oxygen atoms in total. The van der Waals surface area contributed by atoms with Crippen LogP contribution in [0.2, 0.25) is 0 Å². The molecule has 0 spiro atoms. The highest BCUT2D eigenvalue weighted by Crippen LogP contribution is 2.06. The second kappa shape index (κ2) is 5.75. The Hall–Kier alpha value is -1.46. The van der Waals surface area contributed by atoms with Crippen LogP contribution in [0.5, 0.6) is 0 Å². The molecule has 0 aliphatic carbocycles. The van der Waals surface area contributed by atoms with Crippen molar-refractivity contribution in [2.75, 3.05) is 26.2 Å². The van der Waals surface area contributed by atoms with E-state index in [-0.39, 0.29) is 11.9 Å². The monoisotopic (exact) mass is 234 g/mol. The lowest BCUT2D eigenvalue weighted by Gasteiger charge is -2.32. The largest absolute Gasteiger partial charge is 0.385 e. The highest BCUT2D eigenvalue weighted by atomic mass is 16.5. The smallest absolute Gasteiger partial charge is 0.127 e. The van der Waals surface area contributed by atoms with Crippen LogP contribution in [0.3, 0.4) is 0 Å². The van der Waals surface area contributed by atoms with Crippen LogP contribution in [-0.4, -0.2) is 48.1 Å². The Balaban J connectivity index is 1.81. The molecule has 0 amide bonds. The van der Waals surface area contributed by atoms with Gasteiger partial charge in [-0.2, -0.15) is 0 Å². The van der Waals surface area contributed by atoms with Gasteiger partial charge >= 0.3 is 0 Å². The van der Waals surface area contributed by atoms with Crippen molar-refractivity contribution in [3.05, 3.63) is 30.1 Å². The van der Waals surface area contributed by atoms with Crippen molar-refractivity contribution in [3.63, 3.8) is 0 Å². The summed E-state index contributed by atoms with van der Waals surface area (Å²) in [4.78, 5) is 6.56. The van der Waals surface area contributed by atoms with E-state index in [0.29, 0.717) is 13.2 Å². The van der Waals surface area contributed by atoms with Crippen LogP contribution in [0.15, 0.2) is 24.4 Å². The first-order valence-corrected chi connectivity index (χ1v) is 5.83. The molecule has 0 saturated carbocycles. The van der Waals surface area contributed by atoms with Gasteiger partial charge in [0.15, 0.2) is 0 Å². The van der Waals surface area contributed by atoms with Crippen molar-refractivity contribution >= 4 is 5.84 Å². The van der Waals surface area contributed by atoms with E-state index in [1.54, 1.807) is 0 Å². The van der Waals surface area contributed by atoms with Gasteiger partial charge in [-0.3, -0.25) is 15.3 Å². The summed E-state index contributed by atoms with van der Waals surface area (Å²) < 4.78 is 5.41. The van der Waals surface area contributed by atoms with Gasteiger partial charge in [0.2, 0.25) is 0 Å². The average molecular weight is 234 g/mol. The molecule has 3 N–H and O–H groups in total. The summed E-state index contributed by atoms with van der Waals surface area (Å²) in [6, 6.07) is 5.95. The molecule has 1 aliphatic heterocycles. The maximum atomic E-state index is 7.39. The third kappa shape index (κ3) is 3.51. The molecule has 1 aromatic rings. The average Bonchev–Trinajstić information content (AvgIpc) is 2.38. The van der Waals surface area contributed by atoms with Crippen LogP contribution in [0, 0.1) is 5.41 Å². The normalized spacial score (nSPS) is 21.3. The third-order valence-corrected chi connectivity index (χ3v) is 2.91. The minimum Gasteiger partial charge on any atom is -0.385 e. The van der Waals surface area contributed by atoms with E-state index >= 15 is 0 Å². The number of ether oxygens (including phenoxy) is 1. The molecular weight excluding hydrogens is 216 g/mol. The minimum atomic E-state index is -0.243. The second-order valence-electron chi connectivity index (χ2n) is 4.19. The fourth-order valence-electron chi connectivity index (χ4n) is 1.91. The van der Waals surface area contributed by atoms with Gasteiger partial charge in [-0.1, -0.05) is 6.07 Å². The predicted octanol–water partition coefficient (Wildman–Crippen LogP) is 0.261. The predicted molar refractivity (Wildman–Crippen MR) is 66.0 cm³/mol. The molecule has 1 saturated heterocycles. The lowest BCUT2D eigenvalue weighted by Crippen LogP contribution is -2.48. The van der Waals surface area contributed by atoms with Gasteiger partial charge in [-0.25, -0.2) is 0 Å². The number of hydrogen-bond donors (Lipinski definition) is 2. The number of rotatable bonds is 4. The van der Waals surface area contributed by atoms with E-state index in [1.807, 2.05) is 24.4 Å². The third-order valence-electron chi connectivity index (χ3n) is 2.91. The van der Waals surface area contributed by atoms with Crippen molar-refractivity contribution < 1.29 is 4.74 Å². The molecule has 1 aromatic heterocycles. The maximum absolute atomic E-state index is 7.39. The summed E-state index contributed by atoms with van der Waals surface area (Å²) in [5.41, 5.74) is 6.55. The van der Waals surface area contributed by atoms with Crippen LogP contribution in [0.25, 0.3) is 0 Å². The Labute approximate surface area is 101 Å². The van der Waals surface area contributed by atoms with E-state index in [9.17, 15) is 0 Å². The van der Waals surface area contributed by atoms with Gasteiger partial charge in [-0.15, -0.1) is 0 Å². The number of aromatic nitrogens is 1. The maximum Gasteiger partial charge on any atom is 0.127 e. The number of nitrogens with one attached hydrogen (secondary N) is 1. The van der Waals surface area contributed by atoms with Crippen molar-refractivity contribution in [1.29, 1.82) is 5.41 Å². The Morgan fingerprint density at radius 2 is 2.47 bits per heavy atom. The highest BCUT2D eigenvalue weighted by molar-refractivity contribution is 5.82. The SMILES string of the molecule is N=C(N)C1CN(CCc2ccccn2)CCO1. The summed E-state index contributed by atoms with van der Waals surface area (Å²) in [5, 5.41) is 7.39. The van der Waals surface area contributed by atoms with Crippen molar-refractivity contribution in [3.8, 4) is 0 Å². The van der Waals surface area contributed by atoms with Gasteiger partial charge < -0.3 is 10.5 Å². The van der Waals surface area contributed by atoms with E-state index in [0.717, 1.165) is 25.2 Å². The fraction of sp³-hybridized carbons (Fsp3) is 0.500. The summed E-state index contributed by atoms with van der Waals surface area (Å²) in [5.74, 6) is 0.118. The quantitative estimate of drug-likeness (QED) is 0.579. The molecule has 0 bridgehead atoms. The first-order chi connectivity index (χ1) is 8.25. The van der Waals surface area contributed by atoms with Crippen molar-refractivity contribution in [1.82, 2.24) is 9.88 Å². The van der Waals surface area contributed by atoms with Crippen LogP contribution < -0.4 is 5.73 Å². The van der Waals surface area contributed by atoms with Gasteiger partial charge in [0.25, 0.3) is 0 Å². The van der Waals surface area contributed by atoms with Gasteiger partial charge in [0, 0.05) is 37.9 Å². The molecular formula is C12H18N4O. The van der Waals surface area contributed by atoms with Crippen LogP contribution in [-0.2, 0) is 11.2 Å². The molecule has 2 rings (SSSR count). The highest BCUT2D eigenvalue weighted by Gasteiger charge is 2.22. The number of amidine groups is 1. The van der Waals surface area contributed by atoms with Crippen LogP contribution >= 0.6 is 0 Å². The zero-order valence-electron chi connectivity index (χ0n) is 9.80. The second-order valence-corrected chi connectivity index (χ2v) is 4.19. The summed E-state index contributed by atoms with van der Waals surface area (Å²) in [6.45, 7) is 3.19. The summed E-state index contributed by atoms with van der Waals surface area (Å²) >= 11 is 0. The Morgan fingerprint density at radius 3 is 3.18 bits per heavy atom. The Morgan fingerprint density at radius 1 is 1.59 bits per heavy atom. The molecule has 0 radical (unpaired) electrons. The van der Waals surface area contributed by atoms with Gasteiger partial charge in [0.05, 0.1) is 6.61 Å². The van der Waals surface area contributed by atoms with E-state index < -0.39 is 0 Å². The van der Waals surface area contributed by atoms with E-state index in [2.05, 4.69) is 9.88 Å². The number of hydrogen-bond acceptors (Lipinski definition) is 4. The molecule has 1 aliphatic rings. The molecule has 0 aromatic carbocycles. The zero-order chi connectivity index (χ0) is 12.1. The Kier molecular flexibility index (Phi) is 4.06. The number of pyridine rings is 1. The molecule has 1 unspecified atom stereocenters. The standard InChI is InChI=1S/C12H18N4O/c13-12(14)11-9-16(7-8-17-11)6-4-10-3-1-2-5-15-10/h1-3,5,11H,4,6-9H2,(H3,13,14). The molecule has 1 fully saturated rings. The first-order valence-electron chi connectivity index (χ1n) is 5.83. The minimum absolute atomic E-state index is 0.118. The lowest BCUT2D eigenvalue weighted by molar-refractivity contribution is 0.00608. The number of nitrogens with two attached hydrogens (primary N) is 1. The molecule has 2 heterocycles. The topological polar surface area (TPSA) is 75.2 Å². The molecule has 17 heavy (non-hydrogen) atoms. The van der Waals surface area contributed by atoms with Crippen LogP contribution in [0.1, 0.15) is 5.69 Å². The van der Waals surface area contributed by atoms with Gasteiger partial charge in [-0.05, 0) is 12.1 Å². The van der Waals surface area contributed by atoms with Crippen molar-refractivity contribution in [2.45, 2.75) is 12.5 Å². The summed E-state index contributed by atoms with van der Waals surface area (Å²) in [7, 11) is 0. The van der Waals surface area contributed by atoms with Crippen molar-refractivity contribution in [2.24, 2.45) is 5.73 Å². The lowest BCUT2D eigenvalue weighted by atomic mass is 10.2. The fourth-order valence-corrected chi connectivity index (χ4v) is 1.91. The van der Waals surface area contributed by atoms with Crippen LogP contribution in [0.4, 0.5) is 0 Å². The van der Waals surface area contributed by atoms with Gasteiger partial charge in [0.1, 0.15) is 11.9 Å². The number of nitrogens with zero attached hydrogens (tertiary/aromatic N) is 2. The number of morpholine rings is 1. The first kappa shape index (κ1) is 12.0. The molecule has 5 heteroatoms. The Bertz CT molecular complexity index is 368. The molecule has 1 atom stereocenters. The molecule has 92 valence electrons. The van der Waals surface area contributed by atoms with E-state index in [1.165, 1.54) is 0 Å². The zero-order valence-corrected chi connectivity index (χ0v) is 9.80. The summed E-state index contributed by atoms with van der Waals surface area (Å²) in [6.07, 6.45) is 2.49. The van der Waals surface area contributed by atoms with E-state index in [4.69, 9.17) is 15.9 Å².